The summed E-state index contributed by atoms with van der Waals surface area (Å²) < 4.78 is 19.0. The molecule has 1 aromatic carbocycles. The number of halogens is 1. The summed E-state index contributed by atoms with van der Waals surface area (Å²) in [7, 11) is 0. The van der Waals surface area contributed by atoms with Gasteiger partial charge in [-0.15, -0.1) is 0 Å². The van der Waals surface area contributed by atoms with Crippen molar-refractivity contribution in [2.24, 2.45) is 11.3 Å². The molecule has 2 amide bonds. The standard InChI is InChI=1S/C18H23FN2O3/c1-18(11-24-12-18)10-20-17(23)14-6-7-16(22)21(9-14)8-13-4-2-3-5-15(13)19/h2-5,14H,6-12H2,1H3,(H,20,23)/t14-/m0/s1. The minimum atomic E-state index is -0.324. The van der Waals surface area contributed by atoms with Gasteiger partial charge < -0.3 is 15.0 Å². The number of piperidine rings is 1. The lowest BCUT2D eigenvalue weighted by Crippen LogP contribution is -2.51. The Hall–Kier alpha value is -1.95. The monoisotopic (exact) mass is 334 g/mol. The molecule has 6 heteroatoms. The van der Waals surface area contributed by atoms with E-state index in [1.54, 1.807) is 23.1 Å². The maximum Gasteiger partial charge on any atom is 0.224 e. The molecule has 0 aliphatic carbocycles. The zero-order chi connectivity index (χ0) is 17.2. The fourth-order valence-electron chi connectivity index (χ4n) is 3.11. The summed E-state index contributed by atoms with van der Waals surface area (Å²) in [6.45, 7) is 4.54. The van der Waals surface area contributed by atoms with Gasteiger partial charge in [0.2, 0.25) is 11.8 Å². The molecule has 24 heavy (non-hydrogen) atoms. The first-order valence-electron chi connectivity index (χ1n) is 8.33. The Kier molecular flexibility index (Phi) is 4.85. The number of amides is 2. The van der Waals surface area contributed by atoms with Gasteiger partial charge in [0, 0.05) is 37.0 Å². The van der Waals surface area contributed by atoms with Crippen molar-refractivity contribution in [2.75, 3.05) is 26.3 Å². The van der Waals surface area contributed by atoms with Crippen LogP contribution in [0.1, 0.15) is 25.3 Å². The minimum absolute atomic E-state index is 0.0208. The Morgan fingerprint density at radius 2 is 2.17 bits per heavy atom. The molecule has 2 fully saturated rings. The number of rotatable bonds is 5. The van der Waals surface area contributed by atoms with Crippen LogP contribution in [0.25, 0.3) is 0 Å². The molecule has 1 N–H and O–H groups in total. The van der Waals surface area contributed by atoms with Crippen LogP contribution in [0, 0.1) is 17.2 Å². The van der Waals surface area contributed by atoms with Crippen molar-refractivity contribution in [2.45, 2.75) is 26.3 Å². The number of hydrogen-bond donors (Lipinski definition) is 1. The fraction of sp³-hybridized carbons (Fsp3) is 0.556. The molecule has 130 valence electrons. The maximum atomic E-state index is 13.8. The van der Waals surface area contributed by atoms with E-state index < -0.39 is 0 Å². The smallest absolute Gasteiger partial charge is 0.224 e. The van der Waals surface area contributed by atoms with Gasteiger partial charge in [-0.2, -0.15) is 0 Å². The number of likely N-dealkylation sites (tertiary alicyclic amines) is 1. The van der Waals surface area contributed by atoms with E-state index in [1.807, 2.05) is 0 Å². The highest BCUT2D eigenvalue weighted by atomic mass is 19.1. The topological polar surface area (TPSA) is 58.6 Å². The summed E-state index contributed by atoms with van der Waals surface area (Å²) in [6, 6.07) is 6.43. The third kappa shape index (κ3) is 3.75. The molecule has 2 aliphatic heterocycles. The maximum absolute atomic E-state index is 13.8. The van der Waals surface area contributed by atoms with Gasteiger partial charge in [0.25, 0.3) is 0 Å². The highest BCUT2D eigenvalue weighted by molar-refractivity contribution is 5.83. The largest absolute Gasteiger partial charge is 0.380 e. The van der Waals surface area contributed by atoms with Crippen LogP contribution in [0.4, 0.5) is 4.39 Å². The van der Waals surface area contributed by atoms with Crippen LogP contribution in [-0.2, 0) is 20.9 Å². The summed E-state index contributed by atoms with van der Waals surface area (Å²) >= 11 is 0. The molecular weight excluding hydrogens is 311 g/mol. The van der Waals surface area contributed by atoms with Gasteiger partial charge in [0.1, 0.15) is 5.82 Å². The molecule has 0 saturated carbocycles. The van der Waals surface area contributed by atoms with Crippen molar-refractivity contribution < 1.29 is 18.7 Å². The van der Waals surface area contributed by atoms with Crippen LogP contribution < -0.4 is 5.32 Å². The SMILES string of the molecule is CC1(CNC(=O)[C@H]2CCC(=O)N(Cc3ccccc3F)C2)COC1. The zero-order valence-electron chi connectivity index (χ0n) is 13.9. The van der Waals surface area contributed by atoms with Crippen LogP contribution in [0.15, 0.2) is 24.3 Å². The van der Waals surface area contributed by atoms with Crippen LogP contribution in [-0.4, -0.2) is 43.0 Å². The van der Waals surface area contributed by atoms with Crippen LogP contribution in [0.5, 0.6) is 0 Å². The number of ether oxygens (including phenoxy) is 1. The molecule has 3 rings (SSSR count). The molecule has 2 heterocycles. The number of carbonyl (C=O) groups excluding carboxylic acids is 2. The average molecular weight is 334 g/mol. The molecule has 0 unspecified atom stereocenters. The van der Waals surface area contributed by atoms with E-state index in [9.17, 15) is 14.0 Å². The third-order valence-corrected chi connectivity index (χ3v) is 4.78. The molecule has 0 aromatic heterocycles. The van der Waals surface area contributed by atoms with Crippen LogP contribution >= 0.6 is 0 Å². The Morgan fingerprint density at radius 1 is 1.42 bits per heavy atom. The second-order valence-corrected chi connectivity index (χ2v) is 7.12. The van der Waals surface area contributed by atoms with Gasteiger partial charge in [-0.1, -0.05) is 25.1 Å². The molecule has 1 atom stereocenters. The Balaban J connectivity index is 1.57. The Labute approximate surface area is 141 Å². The quantitative estimate of drug-likeness (QED) is 0.892. The molecule has 2 aliphatic rings. The first kappa shape index (κ1) is 16.9. The van der Waals surface area contributed by atoms with Gasteiger partial charge in [0.15, 0.2) is 0 Å². The lowest BCUT2D eigenvalue weighted by Gasteiger charge is -2.39. The van der Waals surface area contributed by atoms with Crippen molar-refractivity contribution in [3.05, 3.63) is 35.6 Å². The number of nitrogens with one attached hydrogen (secondary N) is 1. The van der Waals surface area contributed by atoms with Gasteiger partial charge >= 0.3 is 0 Å². The van der Waals surface area contributed by atoms with E-state index in [2.05, 4.69) is 12.2 Å². The van der Waals surface area contributed by atoms with E-state index in [4.69, 9.17) is 4.74 Å². The average Bonchev–Trinajstić information content (AvgIpc) is 2.55. The van der Waals surface area contributed by atoms with Crippen LogP contribution in [0.3, 0.4) is 0 Å². The van der Waals surface area contributed by atoms with Gasteiger partial charge in [-0.05, 0) is 12.5 Å². The lowest BCUT2D eigenvalue weighted by molar-refractivity contribution is -0.140. The molecule has 0 spiro atoms. The summed E-state index contributed by atoms with van der Waals surface area (Å²) in [5, 5.41) is 2.97. The zero-order valence-corrected chi connectivity index (χ0v) is 13.9. The molecule has 2 saturated heterocycles. The Bertz CT molecular complexity index is 630. The van der Waals surface area contributed by atoms with Gasteiger partial charge in [-0.25, -0.2) is 4.39 Å². The van der Waals surface area contributed by atoms with Crippen molar-refractivity contribution >= 4 is 11.8 Å². The first-order valence-corrected chi connectivity index (χ1v) is 8.33. The predicted octanol–water partition coefficient (Wildman–Crippen LogP) is 1.72. The summed E-state index contributed by atoms with van der Waals surface area (Å²) in [6.07, 6.45) is 0.874. The normalized spacial score (nSPS) is 22.8. The summed E-state index contributed by atoms with van der Waals surface area (Å²) in [5.41, 5.74) is 0.499. The molecule has 5 nitrogen and oxygen atoms in total. The van der Waals surface area contributed by atoms with E-state index in [-0.39, 0.29) is 35.5 Å². The fourth-order valence-corrected chi connectivity index (χ4v) is 3.11. The first-order chi connectivity index (χ1) is 11.5. The molecule has 1 aromatic rings. The second kappa shape index (κ2) is 6.89. The van der Waals surface area contributed by atoms with E-state index in [0.717, 1.165) is 0 Å². The molecular formula is C18H23FN2O3. The number of nitrogens with zero attached hydrogens (tertiary/aromatic N) is 1. The van der Waals surface area contributed by atoms with Crippen LogP contribution in [0.2, 0.25) is 0 Å². The number of hydrogen-bond acceptors (Lipinski definition) is 3. The summed E-state index contributed by atoms with van der Waals surface area (Å²) in [4.78, 5) is 26.1. The third-order valence-electron chi connectivity index (χ3n) is 4.78. The second-order valence-electron chi connectivity index (χ2n) is 7.12. The van der Waals surface area contributed by atoms with Crippen molar-refractivity contribution in [3.63, 3.8) is 0 Å². The molecule has 0 radical (unpaired) electrons. The molecule has 0 bridgehead atoms. The van der Waals surface area contributed by atoms with Gasteiger partial charge in [-0.3, -0.25) is 9.59 Å². The van der Waals surface area contributed by atoms with Crippen molar-refractivity contribution in [1.82, 2.24) is 10.2 Å². The summed E-state index contributed by atoms with van der Waals surface area (Å²) in [5.74, 6) is -0.621. The Morgan fingerprint density at radius 3 is 2.83 bits per heavy atom. The van der Waals surface area contributed by atoms with Gasteiger partial charge in [0.05, 0.1) is 19.1 Å². The highest BCUT2D eigenvalue weighted by Crippen LogP contribution is 2.26. The van der Waals surface area contributed by atoms with E-state index in [1.165, 1.54) is 6.07 Å². The highest BCUT2D eigenvalue weighted by Gasteiger charge is 2.35. The lowest BCUT2D eigenvalue weighted by atomic mass is 9.88. The van der Waals surface area contributed by atoms with Crippen molar-refractivity contribution in [1.29, 1.82) is 0 Å². The number of carbonyl (C=O) groups is 2. The van der Waals surface area contributed by atoms with Crippen molar-refractivity contribution in [3.8, 4) is 0 Å². The minimum Gasteiger partial charge on any atom is -0.380 e. The van der Waals surface area contributed by atoms with E-state index >= 15 is 0 Å². The predicted molar refractivity (Wildman–Crippen MR) is 86.5 cm³/mol. The number of benzene rings is 1. The van der Waals surface area contributed by atoms with E-state index in [0.29, 0.717) is 44.7 Å².